The van der Waals surface area contributed by atoms with Crippen LogP contribution in [0.3, 0.4) is 0 Å². The summed E-state index contributed by atoms with van der Waals surface area (Å²) in [6.45, 7) is 6.95. The predicted octanol–water partition coefficient (Wildman–Crippen LogP) is 4.07. The first-order valence-corrected chi connectivity index (χ1v) is 7.40. The molecule has 2 aromatic rings. The first-order chi connectivity index (χ1) is 10.4. The summed E-state index contributed by atoms with van der Waals surface area (Å²) in [6.07, 6.45) is 7.71. The fourth-order valence-electron chi connectivity index (χ4n) is 1.88. The van der Waals surface area contributed by atoms with Crippen molar-refractivity contribution in [1.82, 2.24) is 10.3 Å². The summed E-state index contributed by atoms with van der Waals surface area (Å²) in [6, 6.07) is 11.4. The van der Waals surface area contributed by atoms with Gasteiger partial charge in [0.1, 0.15) is 0 Å². The van der Waals surface area contributed by atoms with Crippen LogP contribution in [0.15, 0.2) is 54.9 Å². The molecule has 2 rings (SSSR count). The molecule has 0 spiro atoms. The lowest BCUT2D eigenvalue weighted by molar-refractivity contribution is 0.0951. The maximum absolute atomic E-state index is 12.1. The molecule has 0 bridgehead atoms. The van der Waals surface area contributed by atoms with Crippen LogP contribution in [0.1, 0.15) is 42.3 Å². The second-order valence-corrected chi connectivity index (χ2v) is 6.37. The van der Waals surface area contributed by atoms with Crippen molar-refractivity contribution >= 4 is 12.0 Å². The van der Waals surface area contributed by atoms with Crippen molar-refractivity contribution in [2.45, 2.75) is 27.3 Å². The molecular weight excluding hydrogens is 272 g/mol. The van der Waals surface area contributed by atoms with Crippen molar-refractivity contribution in [3.63, 3.8) is 0 Å². The van der Waals surface area contributed by atoms with E-state index in [1.54, 1.807) is 12.4 Å². The zero-order valence-corrected chi connectivity index (χ0v) is 13.3. The number of benzene rings is 1. The highest BCUT2D eigenvalue weighted by Crippen LogP contribution is 2.17. The molecule has 0 unspecified atom stereocenters. The van der Waals surface area contributed by atoms with E-state index in [-0.39, 0.29) is 11.3 Å². The summed E-state index contributed by atoms with van der Waals surface area (Å²) in [5.41, 5.74) is 2.90. The summed E-state index contributed by atoms with van der Waals surface area (Å²) in [5, 5.41) is 2.89. The molecule has 114 valence electrons. The highest BCUT2D eigenvalue weighted by atomic mass is 16.1. The minimum atomic E-state index is -0.0739. The first kappa shape index (κ1) is 16.0. The maximum Gasteiger partial charge on any atom is 0.251 e. The van der Waals surface area contributed by atoms with E-state index in [0.717, 1.165) is 11.1 Å². The minimum absolute atomic E-state index is 0.0739. The summed E-state index contributed by atoms with van der Waals surface area (Å²) in [4.78, 5) is 16.1. The van der Waals surface area contributed by atoms with E-state index in [2.05, 4.69) is 43.2 Å². The van der Waals surface area contributed by atoms with Gasteiger partial charge in [-0.1, -0.05) is 51.1 Å². The molecule has 22 heavy (non-hydrogen) atoms. The van der Waals surface area contributed by atoms with E-state index in [1.165, 1.54) is 0 Å². The zero-order chi connectivity index (χ0) is 16.0. The van der Waals surface area contributed by atoms with Gasteiger partial charge in [0, 0.05) is 24.5 Å². The zero-order valence-electron chi connectivity index (χ0n) is 13.3. The Hall–Kier alpha value is -2.42. The van der Waals surface area contributed by atoms with Gasteiger partial charge in [-0.3, -0.25) is 9.78 Å². The summed E-state index contributed by atoms with van der Waals surface area (Å²) in [5.74, 6) is -0.0739. The number of carbonyl (C=O) groups is 1. The molecule has 0 radical (unpaired) electrons. The molecule has 0 aliphatic rings. The minimum Gasteiger partial charge on any atom is -0.348 e. The molecule has 1 heterocycles. The molecule has 0 fully saturated rings. The molecule has 3 nitrogen and oxygen atoms in total. The number of rotatable bonds is 4. The van der Waals surface area contributed by atoms with Gasteiger partial charge in [-0.2, -0.15) is 0 Å². The maximum atomic E-state index is 12.1. The normalized spacial score (nSPS) is 11.6. The van der Waals surface area contributed by atoms with Gasteiger partial charge in [0.2, 0.25) is 0 Å². The molecule has 1 amide bonds. The average Bonchev–Trinajstić information content (AvgIpc) is 2.51. The number of nitrogens with zero attached hydrogens (tertiary/aromatic N) is 1. The van der Waals surface area contributed by atoms with Crippen LogP contribution in [0.5, 0.6) is 0 Å². The van der Waals surface area contributed by atoms with Gasteiger partial charge in [-0.15, -0.1) is 0 Å². The number of hydrogen-bond donors (Lipinski definition) is 1. The predicted molar refractivity (Wildman–Crippen MR) is 90.3 cm³/mol. The Balaban J connectivity index is 1.95. The van der Waals surface area contributed by atoms with Crippen molar-refractivity contribution in [2.75, 3.05) is 0 Å². The van der Waals surface area contributed by atoms with Crippen LogP contribution in [0.25, 0.3) is 6.08 Å². The van der Waals surface area contributed by atoms with Gasteiger partial charge in [0.25, 0.3) is 5.91 Å². The molecule has 0 atom stereocenters. The monoisotopic (exact) mass is 294 g/mol. The molecule has 0 aliphatic heterocycles. The standard InChI is InChI=1S/C19H22N2O/c1-19(2,3)11-10-15-6-8-17(9-7-15)18(22)21-14-16-5-4-12-20-13-16/h4-13H,14H2,1-3H3,(H,21,22). The van der Waals surface area contributed by atoms with Crippen LogP contribution in [0.2, 0.25) is 0 Å². The second-order valence-electron chi connectivity index (χ2n) is 6.37. The number of allylic oxidation sites excluding steroid dienone is 1. The largest absolute Gasteiger partial charge is 0.348 e. The molecule has 1 aromatic carbocycles. The van der Waals surface area contributed by atoms with Gasteiger partial charge in [0.15, 0.2) is 0 Å². The number of hydrogen-bond acceptors (Lipinski definition) is 2. The van der Waals surface area contributed by atoms with Gasteiger partial charge in [-0.05, 0) is 34.7 Å². The molecular formula is C19H22N2O. The third kappa shape index (κ3) is 5.17. The third-order valence-corrected chi connectivity index (χ3v) is 3.12. The fourth-order valence-corrected chi connectivity index (χ4v) is 1.88. The van der Waals surface area contributed by atoms with Gasteiger partial charge >= 0.3 is 0 Å². The lowest BCUT2D eigenvalue weighted by Gasteiger charge is -2.11. The Bertz CT molecular complexity index is 637. The SMILES string of the molecule is CC(C)(C)C=Cc1ccc(C(=O)NCc2cccnc2)cc1. The van der Waals surface area contributed by atoms with E-state index in [0.29, 0.717) is 12.1 Å². The summed E-state index contributed by atoms with van der Waals surface area (Å²) >= 11 is 0. The quantitative estimate of drug-likeness (QED) is 0.923. The Labute approximate surface area is 132 Å². The topological polar surface area (TPSA) is 42.0 Å². The third-order valence-electron chi connectivity index (χ3n) is 3.12. The van der Waals surface area contributed by atoms with Crippen LogP contribution >= 0.6 is 0 Å². The van der Waals surface area contributed by atoms with Crippen LogP contribution in [-0.4, -0.2) is 10.9 Å². The lowest BCUT2D eigenvalue weighted by atomic mass is 9.95. The Kier molecular flexibility index (Phi) is 5.10. The first-order valence-electron chi connectivity index (χ1n) is 7.40. The van der Waals surface area contributed by atoms with E-state index in [1.807, 2.05) is 36.4 Å². The van der Waals surface area contributed by atoms with E-state index in [4.69, 9.17) is 0 Å². The van der Waals surface area contributed by atoms with Crippen molar-refractivity contribution < 1.29 is 4.79 Å². The number of amides is 1. The van der Waals surface area contributed by atoms with Crippen molar-refractivity contribution in [3.8, 4) is 0 Å². The van der Waals surface area contributed by atoms with E-state index < -0.39 is 0 Å². The summed E-state index contributed by atoms with van der Waals surface area (Å²) < 4.78 is 0. The Morgan fingerprint density at radius 2 is 1.91 bits per heavy atom. The smallest absolute Gasteiger partial charge is 0.251 e. The molecule has 0 aliphatic carbocycles. The van der Waals surface area contributed by atoms with Crippen LogP contribution < -0.4 is 5.32 Å². The number of carbonyl (C=O) groups excluding carboxylic acids is 1. The van der Waals surface area contributed by atoms with Gasteiger partial charge < -0.3 is 5.32 Å². The van der Waals surface area contributed by atoms with Crippen molar-refractivity contribution in [1.29, 1.82) is 0 Å². The average molecular weight is 294 g/mol. The number of nitrogens with one attached hydrogen (secondary N) is 1. The number of pyridine rings is 1. The Morgan fingerprint density at radius 3 is 2.50 bits per heavy atom. The summed E-state index contributed by atoms with van der Waals surface area (Å²) in [7, 11) is 0. The van der Waals surface area contributed by atoms with Crippen LogP contribution in [0, 0.1) is 5.41 Å². The fraction of sp³-hybridized carbons (Fsp3) is 0.263. The van der Waals surface area contributed by atoms with Gasteiger partial charge in [0.05, 0.1) is 0 Å². The molecule has 3 heteroatoms. The van der Waals surface area contributed by atoms with E-state index >= 15 is 0 Å². The highest BCUT2D eigenvalue weighted by Gasteiger charge is 2.06. The Morgan fingerprint density at radius 1 is 1.18 bits per heavy atom. The van der Waals surface area contributed by atoms with Gasteiger partial charge in [-0.25, -0.2) is 0 Å². The van der Waals surface area contributed by atoms with Crippen molar-refractivity contribution in [2.24, 2.45) is 5.41 Å². The molecule has 1 N–H and O–H groups in total. The van der Waals surface area contributed by atoms with Crippen LogP contribution in [0.4, 0.5) is 0 Å². The number of aromatic nitrogens is 1. The highest BCUT2D eigenvalue weighted by molar-refractivity contribution is 5.94. The van der Waals surface area contributed by atoms with Crippen molar-refractivity contribution in [3.05, 3.63) is 71.6 Å². The molecule has 1 aromatic heterocycles. The van der Waals surface area contributed by atoms with E-state index in [9.17, 15) is 4.79 Å². The lowest BCUT2D eigenvalue weighted by Crippen LogP contribution is -2.22. The molecule has 0 saturated heterocycles. The van der Waals surface area contributed by atoms with Crippen LogP contribution in [-0.2, 0) is 6.54 Å². The second kappa shape index (κ2) is 7.03. The molecule has 0 saturated carbocycles.